The number of likely N-dealkylation sites (tertiary alicyclic amines) is 1. The molecule has 39 heavy (non-hydrogen) atoms. The molecule has 0 radical (unpaired) electrons. The number of carbonyl (C=O) groups excluding carboxylic acids is 3. The third kappa shape index (κ3) is 5.60. The van der Waals surface area contributed by atoms with E-state index in [9.17, 15) is 14.4 Å². The lowest BCUT2D eigenvalue weighted by molar-refractivity contribution is -0.139. The number of rotatable bonds is 8. The summed E-state index contributed by atoms with van der Waals surface area (Å²) < 4.78 is 5.93. The van der Waals surface area contributed by atoms with Gasteiger partial charge in [-0.25, -0.2) is 0 Å². The summed E-state index contributed by atoms with van der Waals surface area (Å²) >= 11 is 0. The molecule has 3 saturated heterocycles. The van der Waals surface area contributed by atoms with E-state index in [0.29, 0.717) is 18.0 Å². The molecule has 3 heterocycles. The molecule has 2 amide bonds. The van der Waals surface area contributed by atoms with E-state index in [1.165, 1.54) is 6.42 Å². The molecule has 4 fully saturated rings. The summed E-state index contributed by atoms with van der Waals surface area (Å²) in [6, 6.07) is 5.34. The topological polar surface area (TPSA) is 96.2 Å². The first-order chi connectivity index (χ1) is 18.8. The van der Waals surface area contributed by atoms with Gasteiger partial charge in [0.15, 0.2) is 5.78 Å². The number of primary amides is 1. The van der Waals surface area contributed by atoms with Crippen LogP contribution >= 0.6 is 0 Å². The van der Waals surface area contributed by atoms with Crippen molar-refractivity contribution in [2.45, 2.75) is 77.4 Å². The Morgan fingerprint density at radius 2 is 1.79 bits per heavy atom. The molecule has 214 valence electrons. The summed E-state index contributed by atoms with van der Waals surface area (Å²) in [5.41, 5.74) is 8.14. The van der Waals surface area contributed by atoms with Crippen molar-refractivity contribution in [1.82, 2.24) is 9.80 Å². The second kappa shape index (κ2) is 12.0. The molecule has 1 saturated carbocycles. The molecule has 3 aliphatic heterocycles. The molecule has 2 N–H and O–H groups in total. The predicted octanol–water partition coefficient (Wildman–Crippen LogP) is 3.43. The van der Waals surface area contributed by atoms with Crippen LogP contribution in [-0.4, -0.2) is 85.4 Å². The second-order valence-electron chi connectivity index (χ2n) is 12.4. The van der Waals surface area contributed by atoms with Crippen molar-refractivity contribution in [2.75, 3.05) is 50.8 Å². The lowest BCUT2D eigenvalue weighted by Gasteiger charge is -2.37. The van der Waals surface area contributed by atoms with Crippen molar-refractivity contribution in [3.8, 4) is 0 Å². The molecule has 4 atom stereocenters. The number of hydrogen-bond donors (Lipinski definition) is 1. The van der Waals surface area contributed by atoms with E-state index in [0.717, 1.165) is 76.1 Å². The zero-order valence-corrected chi connectivity index (χ0v) is 23.9. The number of hydrogen-bond acceptors (Lipinski definition) is 6. The van der Waals surface area contributed by atoms with Crippen LogP contribution in [0.25, 0.3) is 0 Å². The van der Waals surface area contributed by atoms with Crippen molar-refractivity contribution < 1.29 is 19.1 Å². The maximum Gasteiger partial charge on any atom is 0.249 e. The van der Waals surface area contributed by atoms with E-state index in [1.807, 2.05) is 17.0 Å². The molecule has 0 unspecified atom stereocenters. The van der Waals surface area contributed by atoms with Crippen LogP contribution in [0.1, 0.15) is 81.1 Å². The highest BCUT2D eigenvalue weighted by molar-refractivity contribution is 5.99. The predicted molar refractivity (Wildman–Crippen MR) is 152 cm³/mol. The van der Waals surface area contributed by atoms with Crippen LogP contribution in [0, 0.1) is 17.8 Å². The van der Waals surface area contributed by atoms with Crippen LogP contribution in [0.4, 0.5) is 5.69 Å². The molecule has 8 heteroatoms. The quantitative estimate of drug-likeness (QED) is 0.545. The molecule has 8 nitrogen and oxygen atoms in total. The van der Waals surface area contributed by atoms with Gasteiger partial charge in [0, 0.05) is 49.9 Å². The van der Waals surface area contributed by atoms with E-state index >= 15 is 0 Å². The van der Waals surface area contributed by atoms with Gasteiger partial charge in [-0.3, -0.25) is 19.3 Å². The molecule has 4 aliphatic rings. The van der Waals surface area contributed by atoms with Crippen LogP contribution in [-0.2, 0) is 14.3 Å². The third-order valence-electron chi connectivity index (χ3n) is 9.66. The fourth-order valence-electron chi connectivity index (χ4n) is 7.52. The van der Waals surface area contributed by atoms with E-state index < -0.39 is 17.9 Å². The minimum absolute atomic E-state index is 0.00674. The number of ether oxygens (including phenoxy) is 1. The largest absolute Gasteiger partial charge is 0.369 e. The minimum atomic E-state index is -0.525. The number of nitrogens with two attached hydrogens (primary N) is 1. The molecular weight excluding hydrogens is 492 g/mol. The zero-order chi connectivity index (χ0) is 27.7. The highest BCUT2D eigenvalue weighted by Gasteiger charge is 2.54. The Balaban J connectivity index is 1.51. The van der Waals surface area contributed by atoms with Gasteiger partial charge in [-0.2, -0.15) is 0 Å². The van der Waals surface area contributed by atoms with Gasteiger partial charge in [-0.1, -0.05) is 40.0 Å². The molecule has 1 aromatic rings. The minimum Gasteiger partial charge on any atom is -0.369 e. The summed E-state index contributed by atoms with van der Waals surface area (Å²) in [6.45, 7) is 12.0. The van der Waals surface area contributed by atoms with Gasteiger partial charge in [-0.15, -0.1) is 0 Å². The van der Waals surface area contributed by atoms with Crippen LogP contribution < -0.4 is 10.6 Å². The number of benzene rings is 1. The number of piperazine rings is 1. The lowest BCUT2D eigenvalue weighted by atomic mass is 9.74. The van der Waals surface area contributed by atoms with Gasteiger partial charge in [0.05, 0.1) is 12.0 Å². The second-order valence-corrected chi connectivity index (χ2v) is 12.4. The summed E-state index contributed by atoms with van der Waals surface area (Å²) in [4.78, 5) is 47.0. The van der Waals surface area contributed by atoms with E-state index in [1.54, 1.807) is 0 Å². The Morgan fingerprint density at radius 1 is 1.08 bits per heavy atom. The third-order valence-corrected chi connectivity index (χ3v) is 9.66. The van der Waals surface area contributed by atoms with Gasteiger partial charge in [0.25, 0.3) is 0 Å². The average molecular weight is 539 g/mol. The fraction of sp³-hybridized carbons (Fsp3) is 0.710. The Kier molecular flexibility index (Phi) is 8.62. The summed E-state index contributed by atoms with van der Waals surface area (Å²) in [5.74, 6) is -0.496. The first-order valence-electron chi connectivity index (χ1n) is 15.2. The van der Waals surface area contributed by atoms with Crippen LogP contribution in [0.2, 0.25) is 0 Å². The highest BCUT2D eigenvalue weighted by atomic mass is 16.5. The maximum atomic E-state index is 14.6. The first kappa shape index (κ1) is 28.1. The van der Waals surface area contributed by atoms with Gasteiger partial charge >= 0.3 is 0 Å². The van der Waals surface area contributed by atoms with Crippen LogP contribution in [0.3, 0.4) is 0 Å². The average Bonchev–Trinajstić information content (AvgIpc) is 3.50. The Bertz CT molecular complexity index is 1060. The van der Waals surface area contributed by atoms with Crippen LogP contribution in [0.15, 0.2) is 18.2 Å². The molecule has 5 rings (SSSR count). The highest BCUT2D eigenvalue weighted by Crippen LogP contribution is 2.43. The molecular formula is C31H46N4O4. The van der Waals surface area contributed by atoms with Crippen molar-refractivity contribution >= 4 is 23.3 Å². The zero-order valence-electron chi connectivity index (χ0n) is 23.9. The van der Waals surface area contributed by atoms with Gasteiger partial charge in [0.2, 0.25) is 11.8 Å². The van der Waals surface area contributed by atoms with Crippen molar-refractivity contribution in [3.63, 3.8) is 0 Å². The molecule has 0 aromatic heterocycles. The number of ketones is 1. The number of carbonyl (C=O) groups is 3. The van der Waals surface area contributed by atoms with Crippen molar-refractivity contribution in [1.29, 1.82) is 0 Å². The van der Waals surface area contributed by atoms with E-state index in [4.69, 9.17) is 10.5 Å². The number of nitrogens with zero attached hydrogens (tertiary/aromatic N) is 3. The van der Waals surface area contributed by atoms with Crippen LogP contribution in [0.5, 0.6) is 0 Å². The first-order valence-corrected chi connectivity index (χ1v) is 15.2. The number of anilines is 1. The number of Topliss-reactive ketones (excluding diaryl/α,β-unsaturated/α-hetero) is 1. The lowest BCUT2D eigenvalue weighted by Crippen LogP contribution is -2.47. The van der Waals surface area contributed by atoms with Crippen molar-refractivity contribution in [3.05, 3.63) is 29.3 Å². The van der Waals surface area contributed by atoms with Gasteiger partial charge in [-0.05, 0) is 61.4 Å². The SMILES string of the molecule is CCCN1CCN(c2ccc(C(N)=O)c([C@@H](C(=O)N3C[C@H](C(C)C)[C@H]4OCC(=O)[C@H]43)C3CCCCC3)c2)CC1. The molecule has 0 bridgehead atoms. The van der Waals surface area contributed by atoms with Crippen molar-refractivity contribution in [2.24, 2.45) is 23.5 Å². The fourth-order valence-corrected chi connectivity index (χ4v) is 7.52. The Labute approximate surface area is 233 Å². The number of amides is 2. The molecule has 0 spiro atoms. The normalized spacial score (nSPS) is 27.3. The standard InChI is InChI=1S/C31H46N4O4/c1-4-12-33-13-15-34(16-14-33)22-10-11-23(30(32)37)24(17-22)27(21-8-6-5-7-9-21)31(38)35-18-25(20(2)3)29-28(35)26(36)19-39-29/h10-11,17,20-21,25,27-29H,4-9,12-16,18-19H2,1-3H3,(H2,32,37)/t25-,27+,28-,29-/m1/s1. The summed E-state index contributed by atoms with van der Waals surface area (Å²) in [6.07, 6.45) is 6.09. The monoisotopic (exact) mass is 538 g/mol. The summed E-state index contributed by atoms with van der Waals surface area (Å²) in [5, 5.41) is 0. The Morgan fingerprint density at radius 3 is 2.44 bits per heavy atom. The van der Waals surface area contributed by atoms with E-state index in [-0.39, 0.29) is 36.2 Å². The molecule has 1 aliphatic carbocycles. The van der Waals surface area contributed by atoms with E-state index in [2.05, 4.69) is 36.6 Å². The smallest absolute Gasteiger partial charge is 0.249 e. The maximum absolute atomic E-state index is 14.6. The molecule has 1 aromatic carbocycles. The van der Waals surface area contributed by atoms with Gasteiger partial charge < -0.3 is 20.3 Å². The summed E-state index contributed by atoms with van der Waals surface area (Å²) in [7, 11) is 0. The van der Waals surface area contributed by atoms with Gasteiger partial charge in [0.1, 0.15) is 12.6 Å². The Hall–Kier alpha value is -2.45. The number of fused-ring (bicyclic) bond motifs is 1.